The first-order valence-corrected chi connectivity index (χ1v) is 6.68. The number of aryl methyl sites for hydroxylation is 1. The highest BCUT2D eigenvalue weighted by Crippen LogP contribution is 2.31. The van der Waals surface area contributed by atoms with Crippen molar-refractivity contribution < 1.29 is 0 Å². The van der Waals surface area contributed by atoms with Crippen molar-refractivity contribution in [2.75, 3.05) is 0 Å². The van der Waals surface area contributed by atoms with E-state index in [0.29, 0.717) is 10.0 Å². The third kappa shape index (κ3) is 2.60. The maximum Gasteiger partial charge on any atom is 0.0804 e. The molecule has 1 heterocycles. The summed E-state index contributed by atoms with van der Waals surface area (Å²) in [4.78, 5) is 0.955. The van der Waals surface area contributed by atoms with Crippen molar-refractivity contribution in [3.8, 4) is 0 Å². The smallest absolute Gasteiger partial charge is 0.0804 e. The average molecular weight is 288 g/mol. The molecule has 90 valence electrons. The van der Waals surface area contributed by atoms with E-state index >= 15 is 0 Å². The Kier molecular flexibility index (Phi) is 3.99. The summed E-state index contributed by atoms with van der Waals surface area (Å²) in [5.74, 6) is 0. The summed E-state index contributed by atoms with van der Waals surface area (Å²) >= 11 is 13.3. The van der Waals surface area contributed by atoms with Gasteiger partial charge in [0.1, 0.15) is 0 Å². The Morgan fingerprint density at radius 1 is 1.41 bits per heavy atom. The minimum atomic E-state index is -0.297. The van der Waals surface area contributed by atoms with Gasteiger partial charge in [-0.05, 0) is 35.6 Å². The minimum absolute atomic E-state index is 0.297. The van der Waals surface area contributed by atoms with Gasteiger partial charge in [-0.3, -0.25) is 0 Å². The number of halogens is 2. The van der Waals surface area contributed by atoms with Crippen molar-refractivity contribution in [3.05, 3.63) is 44.4 Å². The van der Waals surface area contributed by atoms with Crippen molar-refractivity contribution >= 4 is 34.7 Å². The van der Waals surface area contributed by atoms with Gasteiger partial charge in [0.05, 0.1) is 16.6 Å². The predicted octanol–water partition coefficient (Wildman–Crippen LogP) is 3.46. The van der Waals surface area contributed by atoms with Crippen LogP contribution < -0.4 is 5.73 Å². The quantitative estimate of drug-likeness (QED) is 0.941. The van der Waals surface area contributed by atoms with Gasteiger partial charge in [0.2, 0.25) is 0 Å². The summed E-state index contributed by atoms with van der Waals surface area (Å²) in [6, 6.07) is 5.02. The van der Waals surface area contributed by atoms with Gasteiger partial charge in [-0.15, -0.1) is 5.10 Å². The van der Waals surface area contributed by atoms with E-state index in [-0.39, 0.29) is 6.04 Å². The summed E-state index contributed by atoms with van der Waals surface area (Å²) < 4.78 is 3.93. The van der Waals surface area contributed by atoms with Crippen LogP contribution in [0.5, 0.6) is 0 Å². The zero-order valence-corrected chi connectivity index (χ0v) is 11.5. The average Bonchev–Trinajstić information content (AvgIpc) is 2.76. The molecule has 0 saturated carbocycles. The van der Waals surface area contributed by atoms with Gasteiger partial charge in [0, 0.05) is 10.0 Å². The second-order valence-corrected chi connectivity index (χ2v) is 5.21. The molecule has 0 saturated heterocycles. The Morgan fingerprint density at radius 3 is 2.82 bits per heavy atom. The zero-order chi connectivity index (χ0) is 12.4. The van der Waals surface area contributed by atoms with Crippen LogP contribution >= 0.6 is 34.7 Å². The molecule has 1 unspecified atom stereocenters. The lowest BCUT2D eigenvalue weighted by Crippen LogP contribution is -2.12. The van der Waals surface area contributed by atoms with Crippen LogP contribution in [0.3, 0.4) is 0 Å². The van der Waals surface area contributed by atoms with E-state index in [9.17, 15) is 0 Å². The largest absolute Gasteiger partial charge is 0.319 e. The number of nitrogens with two attached hydrogens (primary N) is 1. The third-order valence-corrected chi connectivity index (χ3v) is 3.91. The minimum Gasteiger partial charge on any atom is -0.319 e. The lowest BCUT2D eigenvalue weighted by atomic mass is 10.0. The summed E-state index contributed by atoms with van der Waals surface area (Å²) in [5, 5.41) is 5.22. The molecule has 6 heteroatoms. The van der Waals surface area contributed by atoms with Gasteiger partial charge in [-0.2, -0.15) is 0 Å². The Hall–Kier alpha value is -0.680. The monoisotopic (exact) mass is 287 g/mol. The number of nitrogens with zero attached hydrogens (tertiary/aromatic N) is 2. The van der Waals surface area contributed by atoms with Gasteiger partial charge in [0.15, 0.2) is 0 Å². The molecular weight excluding hydrogens is 277 g/mol. The first-order chi connectivity index (χ1) is 8.13. The van der Waals surface area contributed by atoms with E-state index in [4.69, 9.17) is 28.9 Å². The van der Waals surface area contributed by atoms with Crippen LogP contribution in [0.15, 0.2) is 18.2 Å². The SMILES string of the molecule is CCc1nnsc1C(N)c1ccc(Cl)cc1Cl. The normalized spacial score (nSPS) is 12.7. The lowest BCUT2D eigenvalue weighted by Gasteiger charge is -2.12. The molecule has 0 aliphatic carbocycles. The number of aromatic nitrogens is 2. The van der Waals surface area contributed by atoms with E-state index in [0.717, 1.165) is 22.6 Å². The predicted molar refractivity (Wildman–Crippen MR) is 71.8 cm³/mol. The molecule has 0 bridgehead atoms. The standard InChI is InChI=1S/C11H11Cl2N3S/c1-2-9-11(17-16-15-9)10(14)7-4-3-6(12)5-8(7)13/h3-5,10H,2,14H2,1H3. The molecule has 0 radical (unpaired) electrons. The Bertz CT molecular complexity index is 527. The fraction of sp³-hybridized carbons (Fsp3) is 0.273. The lowest BCUT2D eigenvalue weighted by molar-refractivity contribution is 0.854. The Balaban J connectivity index is 2.40. The highest BCUT2D eigenvalue weighted by atomic mass is 35.5. The second-order valence-electron chi connectivity index (χ2n) is 3.58. The van der Waals surface area contributed by atoms with Crippen molar-refractivity contribution in [2.24, 2.45) is 5.73 Å². The molecule has 0 aliphatic heterocycles. The first-order valence-electron chi connectivity index (χ1n) is 5.15. The topological polar surface area (TPSA) is 51.8 Å². The number of hydrogen-bond acceptors (Lipinski definition) is 4. The highest BCUT2D eigenvalue weighted by Gasteiger charge is 2.18. The number of rotatable bonds is 3. The van der Waals surface area contributed by atoms with E-state index in [1.54, 1.807) is 12.1 Å². The van der Waals surface area contributed by atoms with Crippen LogP contribution in [0, 0.1) is 0 Å². The van der Waals surface area contributed by atoms with Crippen LogP contribution in [0.2, 0.25) is 10.0 Å². The molecule has 2 rings (SSSR count). The maximum absolute atomic E-state index is 6.19. The van der Waals surface area contributed by atoms with Crippen molar-refractivity contribution in [1.29, 1.82) is 0 Å². The summed E-state index contributed by atoms with van der Waals surface area (Å²) in [6.45, 7) is 2.02. The zero-order valence-electron chi connectivity index (χ0n) is 9.15. The van der Waals surface area contributed by atoms with Gasteiger partial charge in [-0.25, -0.2) is 0 Å². The fourth-order valence-corrected chi connectivity index (χ4v) is 2.88. The second kappa shape index (κ2) is 5.31. The summed E-state index contributed by atoms with van der Waals surface area (Å²) in [7, 11) is 0. The molecule has 0 amide bonds. The summed E-state index contributed by atoms with van der Waals surface area (Å²) in [6.07, 6.45) is 0.810. The van der Waals surface area contributed by atoms with Crippen LogP contribution in [-0.2, 0) is 6.42 Å². The molecule has 2 aromatic rings. The molecule has 0 fully saturated rings. The highest BCUT2D eigenvalue weighted by molar-refractivity contribution is 7.05. The Labute approximate surface area is 114 Å². The molecule has 1 atom stereocenters. The van der Waals surface area contributed by atoms with Gasteiger partial charge in [-0.1, -0.05) is 40.7 Å². The van der Waals surface area contributed by atoms with Gasteiger partial charge in [0.25, 0.3) is 0 Å². The third-order valence-electron chi connectivity index (χ3n) is 2.50. The van der Waals surface area contributed by atoms with Crippen LogP contribution in [0.4, 0.5) is 0 Å². The molecule has 0 spiro atoms. The van der Waals surface area contributed by atoms with Crippen molar-refractivity contribution in [3.63, 3.8) is 0 Å². The van der Waals surface area contributed by atoms with Crippen LogP contribution in [0.25, 0.3) is 0 Å². The van der Waals surface area contributed by atoms with Crippen LogP contribution in [0.1, 0.15) is 29.1 Å². The number of benzene rings is 1. The van der Waals surface area contributed by atoms with E-state index in [1.807, 2.05) is 13.0 Å². The molecule has 17 heavy (non-hydrogen) atoms. The van der Waals surface area contributed by atoms with Crippen molar-refractivity contribution in [2.45, 2.75) is 19.4 Å². The van der Waals surface area contributed by atoms with E-state index in [1.165, 1.54) is 11.5 Å². The Morgan fingerprint density at radius 2 is 2.18 bits per heavy atom. The molecular formula is C11H11Cl2N3S. The van der Waals surface area contributed by atoms with E-state index < -0.39 is 0 Å². The molecule has 0 aliphatic rings. The molecule has 3 nitrogen and oxygen atoms in total. The van der Waals surface area contributed by atoms with E-state index in [2.05, 4.69) is 9.59 Å². The molecule has 1 aromatic carbocycles. The number of hydrogen-bond donors (Lipinski definition) is 1. The van der Waals surface area contributed by atoms with Crippen molar-refractivity contribution in [1.82, 2.24) is 9.59 Å². The first kappa shape index (κ1) is 12.8. The summed E-state index contributed by atoms with van der Waals surface area (Å²) in [5.41, 5.74) is 7.96. The van der Waals surface area contributed by atoms with Gasteiger partial charge < -0.3 is 5.73 Å². The van der Waals surface area contributed by atoms with Crippen LogP contribution in [-0.4, -0.2) is 9.59 Å². The maximum atomic E-state index is 6.19. The molecule has 1 aromatic heterocycles. The van der Waals surface area contributed by atoms with Gasteiger partial charge >= 0.3 is 0 Å². The fourth-order valence-electron chi connectivity index (χ4n) is 1.59. The molecule has 2 N–H and O–H groups in total.